The molecule has 1 N–H and O–H groups in total. The van der Waals surface area contributed by atoms with Crippen molar-refractivity contribution < 1.29 is 4.79 Å². The second-order valence-electron chi connectivity index (χ2n) is 5.13. The Hall–Kier alpha value is -1.76. The molecule has 1 amide bonds. The van der Waals surface area contributed by atoms with E-state index in [-0.39, 0.29) is 12.3 Å². The van der Waals surface area contributed by atoms with Crippen LogP contribution in [0.2, 0.25) is 0 Å². The van der Waals surface area contributed by atoms with E-state index in [1.54, 1.807) is 4.68 Å². The highest BCUT2D eigenvalue weighted by Crippen LogP contribution is 2.36. The number of amides is 1. The van der Waals surface area contributed by atoms with E-state index < -0.39 is 0 Å². The summed E-state index contributed by atoms with van der Waals surface area (Å²) in [5, 5.41) is 16.9. The van der Waals surface area contributed by atoms with Gasteiger partial charge < -0.3 is 5.32 Å². The third-order valence-corrected chi connectivity index (χ3v) is 4.50. The molecule has 2 aromatic heterocycles. The molecule has 0 unspecified atom stereocenters. The van der Waals surface area contributed by atoms with E-state index in [1.165, 1.54) is 37.0 Å². The molecule has 1 fully saturated rings. The molecule has 2 heterocycles. The van der Waals surface area contributed by atoms with Crippen LogP contribution in [0.5, 0.6) is 0 Å². The number of anilines is 1. The fourth-order valence-electron chi connectivity index (χ4n) is 2.51. The summed E-state index contributed by atoms with van der Waals surface area (Å²) in [7, 11) is 1.83. The maximum Gasteiger partial charge on any atom is 0.232 e. The lowest BCUT2D eigenvalue weighted by Crippen LogP contribution is -2.14. The Morgan fingerprint density at radius 3 is 2.95 bits per heavy atom. The Kier molecular flexibility index (Phi) is 3.77. The first-order valence-electron chi connectivity index (χ1n) is 6.82. The van der Waals surface area contributed by atoms with Gasteiger partial charge in [-0.3, -0.25) is 9.48 Å². The van der Waals surface area contributed by atoms with Gasteiger partial charge in [-0.05, 0) is 18.9 Å². The molecule has 1 aliphatic carbocycles. The summed E-state index contributed by atoms with van der Waals surface area (Å²) in [6, 6.07) is 1.84. The Morgan fingerprint density at radius 2 is 2.25 bits per heavy atom. The number of carbonyl (C=O) groups is 1. The van der Waals surface area contributed by atoms with E-state index in [0.717, 1.165) is 10.7 Å². The molecule has 0 aromatic carbocycles. The SMILES string of the molecule is Cn1ccc(CC(=O)Nc2nnc(C3CCCC3)s2)n1. The topological polar surface area (TPSA) is 72.7 Å². The summed E-state index contributed by atoms with van der Waals surface area (Å²) in [5.74, 6) is 0.437. The fraction of sp³-hybridized carbons (Fsp3) is 0.538. The van der Waals surface area contributed by atoms with Crippen LogP contribution >= 0.6 is 11.3 Å². The third kappa shape index (κ3) is 3.04. The summed E-state index contributed by atoms with van der Waals surface area (Å²) >= 11 is 1.49. The minimum atomic E-state index is -0.0992. The van der Waals surface area contributed by atoms with Gasteiger partial charge in [0.2, 0.25) is 11.0 Å². The van der Waals surface area contributed by atoms with Crippen molar-refractivity contribution >= 4 is 22.4 Å². The summed E-state index contributed by atoms with van der Waals surface area (Å²) in [6.45, 7) is 0. The van der Waals surface area contributed by atoms with Crippen LogP contribution < -0.4 is 5.32 Å². The first-order valence-corrected chi connectivity index (χ1v) is 7.64. The Labute approximate surface area is 121 Å². The number of hydrogen-bond donors (Lipinski definition) is 1. The minimum Gasteiger partial charge on any atom is -0.300 e. The van der Waals surface area contributed by atoms with Gasteiger partial charge in [-0.2, -0.15) is 5.10 Å². The molecule has 0 atom stereocenters. The second-order valence-corrected chi connectivity index (χ2v) is 6.14. The second kappa shape index (κ2) is 5.70. The lowest BCUT2D eigenvalue weighted by Gasteiger charge is -2.01. The molecule has 2 aromatic rings. The van der Waals surface area contributed by atoms with Gasteiger partial charge in [0, 0.05) is 19.2 Å². The van der Waals surface area contributed by atoms with Crippen LogP contribution in [0.25, 0.3) is 0 Å². The molecule has 20 heavy (non-hydrogen) atoms. The van der Waals surface area contributed by atoms with Crippen molar-refractivity contribution in [2.75, 3.05) is 5.32 Å². The quantitative estimate of drug-likeness (QED) is 0.936. The molecule has 1 aliphatic rings. The van der Waals surface area contributed by atoms with E-state index in [9.17, 15) is 4.79 Å². The van der Waals surface area contributed by atoms with E-state index in [2.05, 4.69) is 20.6 Å². The molecule has 0 radical (unpaired) electrons. The zero-order valence-corrected chi connectivity index (χ0v) is 12.2. The number of carbonyl (C=O) groups excluding carboxylic acids is 1. The van der Waals surface area contributed by atoms with Gasteiger partial charge in [0.05, 0.1) is 12.1 Å². The van der Waals surface area contributed by atoms with Crippen molar-refractivity contribution in [3.8, 4) is 0 Å². The zero-order chi connectivity index (χ0) is 13.9. The zero-order valence-electron chi connectivity index (χ0n) is 11.4. The lowest BCUT2D eigenvalue weighted by molar-refractivity contribution is -0.115. The number of aryl methyl sites for hydroxylation is 1. The number of nitrogens with one attached hydrogen (secondary N) is 1. The van der Waals surface area contributed by atoms with Crippen LogP contribution in [0.15, 0.2) is 12.3 Å². The molecular formula is C13H17N5OS. The van der Waals surface area contributed by atoms with Crippen molar-refractivity contribution in [3.05, 3.63) is 23.0 Å². The number of nitrogens with zero attached hydrogens (tertiary/aromatic N) is 4. The van der Waals surface area contributed by atoms with Crippen LogP contribution in [0.4, 0.5) is 5.13 Å². The Bertz CT molecular complexity index is 599. The largest absolute Gasteiger partial charge is 0.300 e. The van der Waals surface area contributed by atoms with Crippen LogP contribution in [0.3, 0.4) is 0 Å². The predicted octanol–water partition coefficient (Wildman–Crippen LogP) is 2.11. The van der Waals surface area contributed by atoms with Gasteiger partial charge in [0.25, 0.3) is 0 Å². The highest BCUT2D eigenvalue weighted by Gasteiger charge is 2.21. The summed E-state index contributed by atoms with van der Waals surface area (Å²) in [4.78, 5) is 11.9. The van der Waals surface area contributed by atoms with Crippen molar-refractivity contribution in [1.29, 1.82) is 0 Å². The van der Waals surface area contributed by atoms with Crippen molar-refractivity contribution in [1.82, 2.24) is 20.0 Å². The predicted molar refractivity (Wildman–Crippen MR) is 76.7 cm³/mol. The Balaban J connectivity index is 1.58. The average Bonchev–Trinajstić information content (AvgIpc) is 3.10. The highest BCUT2D eigenvalue weighted by atomic mass is 32.1. The first kappa shape index (κ1) is 13.2. The number of rotatable bonds is 4. The summed E-state index contributed by atoms with van der Waals surface area (Å²) < 4.78 is 1.69. The van der Waals surface area contributed by atoms with Gasteiger partial charge in [-0.15, -0.1) is 10.2 Å². The van der Waals surface area contributed by atoms with E-state index >= 15 is 0 Å². The van der Waals surface area contributed by atoms with Crippen molar-refractivity contribution in [2.24, 2.45) is 7.05 Å². The monoisotopic (exact) mass is 291 g/mol. The molecule has 3 rings (SSSR count). The molecular weight excluding hydrogens is 274 g/mol. The smallest absolute Gasteiger partial charge is 0.232 e. The Morgan fingerprint density at radius 1 is 1.45 bits per heavy atom. The minimum absolute atomic E-state index is 0.0992. The van der Waals surface area contributed by atoms with E-state index in [0.29, 0.717) is 11.0 Å². The van der Waals surface area contributed by atoms with Crippen molar-refractivity contribution in [3.63, 3.8) is 0 Å². The number of aromatic nitrogens is 4. The molecule has 6 nitrogen and oxygen atoms in total. The van der Waals surface area contributed by atoms with Gasteiger partial charge in [0.15, 0.2) is 0 Å². The first-order chi connectivity index (χ1) is 9.70. The molecule has 7 heteroatoms. The highest BCUT2D eigenvalue weighted by molar-refractivity contribution is 7.15. The summed E-state index contributed by atoms with van der Waals surface area (Å²) in [6.07, 6.45) is 7.01. The molecule has 0 spiro atoms. The van der Waals surface area contributed by atoms with Crippen LogP contribution in [0.1, 0.15) is 42.3 Å². The molecule has 0 saturated heterocycles. The fourth-order valence-corrected chi connectivity index (χ4v) is 3.44. The van der Waals surface area contributed by atoms with Gasteiger partial charge in [-0.1, -0.05) is 24.2 Å². The van der Waals surface area contributed by atoms with Crippen LogP contribution in [0, 0.1) is 0 Å². The standard InChI is InChI=1S/C13H17N5OS/c1-18-7-6-10(17-18)8-11(19)14-13-16-15-12(20-13)9-4-2-3-5-9/h6-7,9H,2-5,8H2,1H3,(H,14,16,19). The van der Waals surface area contributed by atoms with Crippen LogP contribution in [-0.4, -0.2) is 25.9 Å². The van der Waals surface area contributed by atoms with E-state index in [1.807, 2.05) is 19.3 Å². The average molecular weight is 291 g/mol. The molecule has 0 bridgehead atoms. The molecule has 0 aliphatic heterocycles. The van der Waals surface area contributed by atoms with E-state index in [4.69, 9.17) is 0 Å². The lowest BCUT2D eigenvalue weighted by atomic mass is 10.1. The maximum absolute atomic E-state index is 11.9. The van der Waals surface area contributed by atoms with Crippen molar-refractivity contribution in [2.45, 2.75) is 38.0 Å². The van der Waals surface area contributed by atoms with Gasteiger partial charge in [-0.25, -0.2) is 0 Å². The maximum atomic E-state index is 11.9. The molecule has 1 saturated carbocycles. The summed E-state index contributed by atoms with van der Waals surface area (Å²) in [5.41, 5.74) is 0.755. The molecule has 106 valence electrons. The van der Waals surface area contributed by atoms with Gasteiger partial charge in [0.1, 0.15) is 5.01 Å². The third-order valence-electron chi connectivity index (χ3n) is 3.50. The van der Waals surface area contributed by atoms with Crippen LogP contribution in [-0.2, 0) is 18.3 Å². The number of hydrogen-bond acceptors (Lipinski definition) is 5. The normalized spacial score (nSPS) is 15.7. The van der Waals surface area contributed by atoms with Gasteiger partial charge >= 0.3 is 0 Å².